The van der Waals surface area contributed by atoms with Gasteiger partial charge in [-0.05, 0) is 18.4 Å². The second kappa shape index (κ2) is 6.89. The second-order valence-corrected chi connectivity index (χ2v) is 3.44. The molecule has 0 amide bonds. The smallest absolute Gasteiger partial charge is 0.187 e. The standard InChI is InChI=1S/C13H16O2/c1-2-3-4-5-6-7-8-13-12(11-14)9-10-15-13/h9-11H,2-6H2,1H3. The zero-order chi connectivity index (χ0) is 10.9. The highest BCUT2D eigenvalue weighted by Crippen LogP contribution is 2.06. The molecule has 0 bridgehead atoms. The van der Waals surface area contributed by atoms with Gasteiger partial charge in [0, 0.05) is 6.42 Å². The lowest BCUT2D eigenvalue weighted by Gasteiger charge is -1.91. The SMILES string of the molecule is CCCCCCC#Cc1occc1C=O. The van der Waals surface area contributed by atoms with E-state index in [0.717, 1.165) is 19.1 Å². The van der Waals surface area contributed by atoms with Crippen LogP contribution in [-0.4, -0.2) is 6.29 Å². The average Bonchev–Trinajstić information content (AvgIpc) is 2.70. The Morgan fingerprint density at radius 2 is 2.27 bits per heavy atom. The highest BCUT2D eigenvalue weighted by molar-refractivity contribution is 5.77. The van der Waals surface area contributed by atoms with Crippen LogP contribution in [-0.2, 0) is 0 Å². The molecule has 0 aliphatic rings. The lowest BCUT2D eigenvalue weighted by molar-refractivity contribution is 0.112. The lowest BCUT2D eigenvalue weighted by atomic mass is 10.1. The van der Waals surface area contributed by atoms with Crippen molar-refractivity contribution in [2.75, 3.05) is 0 Å². The van der Waals surface area contributed by atoms with Crippen molar-refractivity contribution in [3.05, 3.63) is 23.7 Å². The molecule has 0 radical (unpaired) electrons. The van der Waals surface area contributed by atoms with Crippen molar-refractivity contribution >= 4 is 6.29 Å². The Morgan fingerprint density at radius 3 is 3.00 bits per heavy atom. The lowest BCUT2D eigenvalue weighted by Crippen LogP contribution is -1.79. The van der Waals surface area contributed by atoms with Gasteiger partial charge in [0.2, 0.25) is 0 Å². The van der Waals surface area contributed by atoms with Crippen molar-refractivity contribution in [2.45, 2.75) is 39.0 Å². The summed E-state index contributed by atoms with van der Waals surface area (Å²) in [4.78, 5) is 10.5. The van der Waals surface area contributed by atoms with E-state index in [1.165, 1.54) is 25.5 Å². The summed E-state index contributed by atoms with van der Waals surface area (Å²) in [5, 5.41) is 0. The third-order valence-electron chi connectivity index (χ3n) is 2.18. The first kappa shape index (κ1) is 11.6. The molecule has 0 atom stereocenters. The highest BCUT2D eigenvalue weighted by Gasteiger charge is 1.99. The fourth-order valence-electron chi connectivity index (χ4n) is 1.30. The van der Waals surface area contributed by atoms with Crippen LogP contribution in [0.2, 0.25) is 0 Å². The normalized spacial score (nSPS) is 9.40. The van der Waals surface area contributed by atoms with Crippen LogP contribution in [0.15, 0.2) is 16.7 Å². The Bertz CT molecular complexity index is 352. The number of furan rings is 1. The zero-order valence-corrected chi connectivity index (χ0v) is 9.08. The van der Waals surface area contributed by atoms with Crippen molar-refractivity contribution in [3.63, 3.8) is 0 Å². The molecule has 0 saturated carbocycles. The van der Waals surface area contributed by atoms with Gasteiger partial charge in [0.15, 0.2) is 12.0 Å². The van der Waals surface area contributed by atoms with Gasteiger partial charge in [0.25, 0.3) is 0 Å². The molecule has 2 nitrogen and oxygen atoms in total. The largest absolute Gasteiger partial charge is 0.455 e. The van der Waals surface area contributed by atoms with Crippen LogP contribution in [0.5, 0.6) is 0 Å². The van der Waals surface area contributed by atoms with Gasteiger partial charge in [-0.25, -0.2) is 0 Å². The fraction of sp³-hybridized carbons (Fsp3) is 0.462. The van der Waals surface area contributed by atoms with Crippen LogP contribution >= 0.6 is 0 Å². The molecule has 0 saturated heterocycles. The van der Waals surface area contributed by atoms with E-state index in [-0.39, 0.29) is 0 Å². The van der Waals surface area contributed by atoms with Crippen molar-refractivity contribution in [1.29, 1.82) is 0 Å². The summed E-state index contributed by atoms with van der Waals surface area (Å²) < 4.78 is 5.08. The van der Waals surface area contributed by atoms with Crippen LogP contribution < -0.4 is 0 Å². The number of rotatable bonds is 5. The van der Waals surface area contributed by atoms with E-state index in [1.54, 1.807) is 6.07 Å². The molecule has 0 unspecified atom stereocenters. The van der Waals surface area contributed by atoms with Gasteiger partial charge in [-0.3, -0.25) is 4.79 Å². The molecule has 0 aliphatic heterocycles. The Kier molecular flexibility index (Phi) is 5.32. The summed E-state index contributed by atoms with van der Waals surface area (Å²) >= 11 is 0. The molecule has 0 aromatic carbocycles. The molecule has 1 heterocycles. The van der Waals surface area contributed by atoms with Crippen LogP contribution in [0.3, 0.4) is 0 Å². The third-order valence-corrected chi connectivity index (χ3v) is 2.18. The molecular formula is C13H16O2. The van der Waals surface area contributed by atoms with Gasteiger partial charge in [-0.1, -0.05) is 32.1 Å². The van der Waals surface area contributed by atoms with E-state index < -0.39 is 0 Å². The number of unbranched alkanes of at least 4 members (excludes halogenated alkanes) is 4. The first-order valence-corrected chi connectivity index (χ1v) is 5.40. The molecule has 1 rings (SSSR count). The molecule has 0 fully saturated rings. The van der Waals surface area contributed by atoms with E-state index in [9.17, 15) is 4.79 Å². The number of carbonyl (C=O) groups excluding carboxylic acids is 1. The quantitative estimate of drug-likeness (QED) is 0.418. The minimum atomic E-state index is 0.487. The number of hydrogen-bond acceptors (Lipinski definition) is 2. The van der Waals surface area contributed by atoms with Crippen molar-refractivity contribution in [2.24, 2.45) is 0 Å². The molecule has 80 valence electrons. The highest BCUT2D eigenvalue weighted by atomic mass is 16.3. The average molecular weight is 204 g/mol. The maximum absolute atomic E-state index is 10.5. The minimum Gasteiger partial charge on any atom is -0.455 e. The van der Waals surface area contributed by atoms with Gasteiger partial charge in [-0.2, -0.15) is 0 Å². The van der Waals surface area contributed by atoms with Gasteiger partial charge >= 0.3 is 0 Å². The summed E-state index contributed by atoms with van der Waals surface area (Å²) in [6, 6.07) is 1.63. The van der Waals surface area contributed by atoms with Gasteiger partial charge in [0.05, 0.1) is 11.8 Å². The van der Waals surface area contributed by atoms with Crippen LogP contribution in [0.25, 0.3) is 0 Å². The van der Waals surface area contributed by atoms with Crippen molar-refractivity contribution < 1.29 is 9.21 Å². The fourth-order valence-corrected chi connectivity index (χ4v) is 1.30. The van der Waals surface area contributed by atoms with E-state index >= 15 is 0 Å². The molecule has 15 heavy (non-hydrogen) atoms. The number of hydrogen-bond donors (Lipinski definition) is 0. The Labute approximate surface area is 90.7 Å². The minimum absolute atomic E-state index is 0.487. The summed E-state index contributed by atoms with van der Waals surface area (Å²) in [7, 11) is 0. The maximum Gasteiger partial charge on any atom is 0.187 e. The molecule has 0 aliphatic carbocycles. The molecule has 0 spiro atoms. The van der Waals surface area contributed by atoms with E-state index in [4.69, 9.17) is 4.42 Å². The number of carbonyl (C=O) groups is 1. The molecule has 1 aromatic heterocycles. The van der Waals surface area contributed by atoms with Gasteiger partial charge < -0.3 is 4.42 Å². The topological polar surface area (TPSA) is 30.2 Å². The van der Waals surface area contributed by atoms with Crippen molar-refractivity contribution in [1.82, 2.24) is 0 Å². The Balaban J connectivity index is 2.34. The maximum atomic E-state index is 10.5. The van der Waals surface area contributed by atoms with E-state index in [2.05, 4.69) is 18.8 Å². The first-order chi connectivity index (χ1) is 7.38. The van der Waals surface area contributed by atoms with Gasteiger partial charge in [0.1, 0.15) is 0 Å². The van der Waals surface area contributed by atoms with Crippen LogP contribution in [0.4, 0.5) is 0 Å². The molecule has 0 N–H and O–H groups in total. The molecular weight excluding hydrogens is 188 g/mol. The van der Waals surface area contributed by atoms with Crippen LogP contribution in [0.1, 0.15) is 55.1 Å². The Morgan fingerprint density at radius 1 is 1.40 bits per heavy atom. The third kappa shape index (κ3) is 4.03. The van der Waals surface area contributed by atoms with E-state index in [1.807, 2.05) is 0 Å². The van der Waals surface area contributed by atoms with Crippen molar-refractivity contribution in [3.8, 4) is 11.8 Å². The zero-order valence-electron chi connectivity index (χ0n) is 9.08. The predicted octanol–water partition coefficient (Wildman–Crippen LogP) is 3.41. The number of aldehydes is 1. The monoisotopic (exact) mass is 204 g/mol. The van der Waals surface area contributed by atoms with Gasteiger partial charge in [-0.15, -0.1) is 0 Å². The second-order valence-electron chi connectivity index (χ2n) is 3.44. The summed E-state index contributed by atoms with van der Waals surface area (Å²) in [6.07, 6.45) is 7.99. The Hall–Kier alpha value is -1.49. The van der Waals surface area contributed by atoms with Crippen LogP contribution in [0, 0.1) is 11.8 Å². The summed E-state index contributed by atoms with van der Waals surface area (Å²) in [6.45, 7) is 2.19. The van der Waals surface area contributed by atoms with E-state index in [0.29, 0.717) is 11.3 Å². The molecule has 1 aromatic rings. The predicted molar refractivity (Wildman–Crippen MR) is 59.7 cm³/mol. The summed E-state index contributed by atoms with van der Waals surface area (Å²) in [5.74, 6) is 6.38. The summed E-state index contributed by atoms with van der Waals surface area (Å²) in [5.41, 5.74) is 0.538. The molecule has 2 heteroatoms. The first-order valence-electron chi connectivity index (χ1n) is 5.40.